The Morgan fingerprint density at radius 1 is 1.26 bits per heavy atom. The number of nitrogens with zero attached hydrogens (tertiary/aromatic N) is 4. The molecule has 0 bridgehead atoms. The molecule has 1 N–H and O–H groups in total. The second-order valence-corrected chi connectivity index (χ2v) is 6.89. The van der Waals surface area contributed by atoms with Crippen LogP contribution in [-0.2, 0) is 17.8 Å². The summed E-state index contributed by atoms with van der Waals surface area (Å²) in [5.41, 5.74) is 2.39. The molecule has 1 aromatic heterocycles. The van der Waals surface area contributed by atoms with Gasteiger partial charge in [0.15, 0.2) is 5.96 Å². The zero-order valence-corrected chi connectivity index (χ0v) is 16.4. The second kappa shape index (κ2) is 9.37. The number of aliphatic imine (C=N–C) groups is 1. The molecule has 1 atom stereocenters. The van der Waals surface area contributed by atoms with Crippen LogP contribution in [0.3, 0.4) is 0 Å². The molecule has 0 amide bonds. The summed E-state index contributed by atoms with van der Waals surface area (Å²) in [7, 11) is 3.86. The third kappa shape index (κ3) is 5.44. The van der Waals surface area contributed by atoms with E-state index in [-0.39, 0.29) is 6.10 Å². The lowest BCUT2D eigenvalue weighted by molar-refractivity contribution is 0.0529. The van der Waals surface area contributed by atoms with Gasteiger partial charge in [-0.15, -0.1) is 0 Å². The van der Waals surface area contributed by atoms with Crippen molar-refractivity contribution in [2.75, 3.05) is 38.7 Å². The van der Waals surface area contributed by atoms with Gasteiger partial charge < -0.3 is 19.9 Å². The van der Waals surface area contributed by atoms with Crippen molar-refractivity contribution < 1.29 is 4.74 Å². The normalized spacial score (nSPS) is 17.7. The number of rotatable bonds is 5. The molecule has 2 heterocycles. The van der Waals surface area contributed by atoms with E-state index < -0.39 is 0 Å². The zero-order chi connectivity index (χ0) is 19.1. The number of guanidine groups is 1. The first-order valence-corrected chi connectivity index (χ1v) is 9.43. The zero-order valence-electron chi connectivity index (χ0n) is 16.4. The highest BCUT2D eigenvalue weighted by molar-refractivity contribution is 5.79. The fraction of sp³-hybridized carbons (Fsp3) is 0.429. The van der Waals surface area contributed by atoms with Gasteiger partial charge in [-0.3, -0.25) is 4.99 Å². The Balaban J connectivity index is 1.53. The predicted molar refractivity (Wildman–Crippen MR) is 110 cm³/mol. The van der Waals surface area contributed by atoms with E-state index in [0.29, 0.717) is 6.54 Å². The maximum Gasteiger partial charge on any atom is 0.193 e. The lowest BCUT2D eigenvalue weighted by atomic mass is 10.2. The first-order valence-electron chi connectivity index (χ1n) is 9.43. The number of aromatic nitrogens is 1. The number of ether oxygens (including phenoxy) is 1. The van der Waals surface area contributed by atoms with Crippen molar-refractivity contribution in [2.45, 2.75) is 26.1 Å². The van der Waals surface area contributed by atoms with Gasteiger partial charge in [0.05, 0.1) is 12.7 Å². The molecule has 0 radical (unpaired) electrons. The van der Waals surface area contributed by atoms with Crippen molar-refractivity contribution >= 4 is 11.8 Å². The summed E-state index contributed by atoms with van der Waals surface area (Å²) in [4.78, 5) is 13.4. The van der Waals surface area contributed by atoms with E-state index in [1.807, 2.05) is 26.4 Å². The van der Waals surface area contributed by atoms with Gasteiger partial charge in [0.1, 0.15) is 5.82 Å². The van der Waals surface area contributed by atoms with Crippen LogP contribution in [0.4, 0.5) is 5.82 Å². The van der Waals surface area contributed by atoms with E-state index in [4.69, 9.17) is 4.74 Å². The molecule has 0 spiro atoms. The third-order valence-electron chi connectivity index (χ3n) is 4.66. The quantitative estimate of drug-likeness (QED) is 0.650. The van der Waals surface area contributed by atoms with Crippen LogP contribution in [0.5, 0.6) is 0 Å². The SMILES string of the molecule is CN=C(NCc1ccc(N2CCOC(C)C2)nc1)N(C)Cc1ccccc1. The molecule has 1 aromatic carbocycles. The minimum absolute atomic E-state index is 0.255. The molecule has 1 aliphatic rings. The van der Waals surface area contributed by atoms with E-state index in [9.17, 15) is 0 Å². The molecular formula is C21H29N5O. The first kappa shape index (κ1) is 19.2. The van der Waals surface area contributed by atoms with Crippen LogP contribution in [0.2, 0.25) is 0 Å². The summed E-state index contributed by atoms with van der Waals surface area (Å²) in [6.45, 7) is 6.15. The molecule has 27 heavy (non-hydrogen) atoms. The Labute approximate surface area is 161 Å². The van der Waals surface area contributed by atoms with E-state index in [2.05, 4.69) is 68.4 Å². The average molecular weight is 367 g/mol. The minimum atomic E-state index is 0.255. The fourth-order valence-corrected chi connectivity index (χ4v) is 3.23. The lowest BCUT2D eigenvalue weighted by Crippen LogP contribution is -2.41. The highest BCUT2D eigenvalue weighted by Crippen LogP contribution is 2.15. The summed E-state index contributed by atoms with van der Waals surface area (Å²) in [5.74, 6) is 1.88. The molecule has 144 valence electrons. The van der Waals surface area contributed by atoms with Gasteiger partial charge in [-0.2, -0.15) is 0 Å². The van der Waals surface area contributed by atoms with Crippen molar-refractivity contribution in [2.24, 2.45) is 4.99 Å². The number of morpholine rings is 1. The molecule has 0 aliphatic carbocycles. The maximum absolute atomic E-state index is 5.60. The second-order valence-electron chi connectivity index (χ2n) is 6.89. The number of hydrogen-bond donors (Lipinski definition) is 1. The number of hydrogen-bond acceptors (Lipinski definition) is 4. The van der Waals surface area contributed by atoms with Crippen LogP contribution < -0.4 is 10.2 Å². The van der Waals surface area contributed by atoms with Gasteiger partial charge in [-0.05, 0) is 24.1 Å². The Morgan fingerprint density at radius 3 is 2.74 bits per heavy atom. The molecule has 2 aromatic rings. The Hall–Kier alpha value is -2.60. The summed E-state index contributed by atoms with van der Waals surface area (Å²) >= 11 is 0. The smallest absolute Gasteiger partial charge is 0.193 e. The van der Waals surface area contributed by atoms with Gasteiger partial charge in [0.25, 0.3) is 0 Å². The van der Waals surface area contributed by atoms with Crippen molar-refractivity contribution in [1.82, 2.24) is 15.2 Å². The molecule has 1 aliphatic heterocycles. The Morgan fingerprint density at radius 2 is 2.07 bits per heavy atom. The van der Waals surface area contributed by atoms with E-state index >= 15 is 0 Å². The monoisotopic (exact) mass is 367 g/mol. The molecule has 3 rings (SSSR count). The topological polar surface area (TPSA) is 53.0 Å². The van der Waals surface area contributed by atoms with Crippen molar-refractivity contribution in [3.05, 3.63) is 59.8 Å². The van der Waals surface area contributed by atoms with Crippen LogP contribution in [0.1, 0.15) is 18.1 Å². The van der Waals surface area contributed by atoms with E-state index in [0.717, 1.165) is 43.6 Å². The summed E-state index contributed by atoms with van der Waals surface area (Å²) in [5, 5.41) is 3.41. The summed E-state index contributed by atoms with van der Waals surface area (Å²) in [6, 6.07) is 14.6. The lowest BCUT2D eigenvalue weighted by Gasteiger charge is -2.32. The van der Waals surface area contributed by atoms with Crippen LogP contribution in [0, 0.1) is 0 Å². The first-order chi connectivity index (χ1) is 13.2. The predicted octanol–water partition coefficient (Wildman–Crippen LogP) is 2.51. The van der Waals surface area contributed by atoms with Crippen LogP contribution >= 0.6 is 0 Å². The maximum atomic E-state index is 5.60. The van der Waals surface area contributed by atoms with Gasteiger partial charge in [0.2, 0.25) is 0 Å². The van der Waals surface area contributed by atoms with Crippen molar-refractivity contribution in [3.8, 4) is 0 Å². The molecule has 0 saturated carbocycles. The molecule has 1 unspecified atom stereocenters. The van der Waals surface area contributed by atoms with Gasteiger partial charge in [-0.25, -0.2) is 4.98 Å². The largest absolute Gasteiger partial charge is 0.375 e. The minimum Gasteiger partial charge on any atom is -0.375 e. The number of anilines is 1. The summed E-state index contributed by atoms with van der Waals surface area (Å²) in [6.07, 6.45) is 2.19. The van der Waals surface area contributed by atoms with Crippen molar-refractivity contribution in [3.63, 3.8) is 0 Å². The molecule has 6 heteroatoms. The third-order valence-corrected chi connectivity index (χ3v) is 4.66. The summed E-state index contributed by atoms with van der Waals surface area (Å²) < 4.78 is 5.60. The highest BCUT2D eigenvalue weighted by Gasteiger charge is 2.17. The molecular weight excluding hydrogens is 338 g/mol. The standard InChI is InChI=1S/C21H29N5O/c1-17-15-26(11-12-27-17)20-10-9-19(13-23-20)14-24-21(22-2)25(3)16-18-7-5-4-6-8-18/h4-10,13,17H,11-12,14-16H2,1-3H3,(H,22,24). The Bertz CT molecular complexity index is 732. The number of nitrogens with one attached hydrogen (secondary N) is 1. The number of benzene rings is 1. The van der Waals surface area contributed by atoms with Crippen LogP contribution in [-0.4, -0.2) is 55.7 Å². The van der Waals surface area contributed by atoms with Gasteiger partial charge in [0, 0.05) is 46.5 Å². The molecule has 6 nitrogen and oxygen atoms in total. The highest BCUT2D eigenvalue weighted by atomic mass is 16.5. The van der Waals surface area contributed by atoms with Crippen LogP contribution in [0.25, 0.3) is 0 Å². The van der Waals surface area contributed by atoms with Gasteiger partial charge in [-0.1, -0.05) is 36.4 Å². The van der Waals surface area contributed by atoms with Crippen molar-refractivity contribution in [1.29, 1.82) is 0 Å². The van der Waals surface area contributed by atoms with Crippen LogP contribution in [0.15, 0.2) is 53.7 Å². The Kier molecular flexibility index (Phi) is 6.65. The number of pyridine rings is 1. The van der Waals surface area contributed by atoms with E-state index in [1.54, 1.807) is 0 Å². The van der Waals surface area contributed by atoms with E-state index in [1.165, 1.54) is 5.56 Å². The molecule has 1 fully saturated rings. The molecule has 1 saturated heterocycles. The fourth-order valence-electron chi connectivity index (χ4n) is 3.23. The van der Waals surface area contributed by atoms with Gasteiger partial charge >= 0.3 is 0 Å². The average Bonchev–Trinajstić information content (AvgIpc) is 2.70.